The number of amides is 1. The lowest BCUT2D eigenvalue weighted by Gasteiger charge is -2.27. The van der Waals surface area contributed by atoms with E-state index >= 15 is 0 Å². The Bertz CT molecular complexity index is 482. The van der Waals surface area contributed by atoms with Crippen molar-refractivity contribution < 1.29 is 14.7 Å². The molecule has 1 N–H and O–H groups in total. The van der Waals surface area contributed by atoms with Crippen molar-refractivity contribution in [2.45, 2.75) is 34.1 Å². The second kappa shape index (κ2) is 6.36. The van der Waals surface area contributed by atoms with Crippen LogP contribution in [0.2, 0.25) is 0 Å². The first-order valence-electron chi connectivity index (χ1n) is 6.47. The predicted octanol–water partition coefficient (Wildman–Crippen LogP) is 2.63. The van der Waals surface area contributed by atoms with E-state index in [2.05, 4.69) is 0 Å². The zero-order chi connectivity index (χ0) is 14.6. The molecule has 0 aliphatic heterocycles. The number of nitrogens with zero attached hydrogens (tertiary/aromatic N) is 1. The molecule has 0 fully saturated rings. The van der Waals surface area contributed by atoms with Gasteiger partial charge < -0.3 is 10.0 Å². The molecule has 0 saturated carbocycles. The molecule has 0 bridgehead atoms. The molecular weight excluding hydrogens is 242 g/mol. The maximum absolute atomic E-state index is 11.9. The Balaban J connectivity index is 3.20. The van der Waals surface area contributed by atoms with Gasteiger partial charge >= 0.3 is 5.97 Å². The summed E-state index contributed by atoms with van der Waals surface area (Å²) >= 11 is 0. The SMILES string of the molecule is CCc1cccc(C)c1N(CC(C)C(=O)O)C(C)=O. The first-order valence-corrected chi connectivity index (χ1v) is 6.47. The van der Waals surface area contributed by atoms with Crippen LogP contribution in [0, 0.1) is 12.8 Å². The van der Waals surface area contributed by atoms with Crippen molar-refractivity contribution in [2.24, 2.45) is 5.92 Å². The molecule has 1 rings (SSSR count). The fraction of sp³-hybridized carbons (Fsp3) is 0.467. The molecule has 1 aromatic carbocycles. The Morgan fingerprint density at radius 3 is 2.47 bits per heavy atom. The van der Waals surface area contributed by atoms with Crippen molar-refractivity contribution in [3.63, 3.8) is 0 Å². The van der Waals surface area contributed by atoms with Gasteiger partial charge in [-0.3, -0.25) is 9.59 Å². The van der Waals surface area contributed by atoms with Crippen LogP contribution >= 0.6 is 0 Å². The molecule has 1 atom stereocenters. The highest BCUT2D eigenvalue weighted by Gasteiger charge is 2.22. The monoisotopic (exact) mass is 263 g/mol. The maximum Gasteiger partial charge on any atom is 0.308 e. The van der Waals surface area contributed by atoms with Gasteiger partial charge in [-0.2, -0.15) is 0 Å². The largest absolute Gasteiger partial charge is 0.481 e. The van der Waals surface area contributed by atoms with E-state index in [1.807, 2.05) is 32.0 Å². The maximum atomic E-state index is 11.9. The van der Waals surface area contributed by atoms with Gasteiger partial charge in [-0.05, 0) is 24.5 Å². The molecule has 0 saturated heterocycles. The summed E-state index contributed by atoms with van der Waals surface area (Å²) in [6, 6.07) is 5.87. The Labute approximate surface area is 114 Å². The van der Waals surface area contributed by atoms with Crippen LogP contribution in [0.4, 0.5) is 5.69 Å². The molecule has 104 valence electrons. The normalized spacial score (nSPS) is 12.0. The van der Waals surface area contributed by atoms with Crippen LogP contribution in [-0.4, -0.2) is 23.5 Å². The van der Waals surface area contributed by atoms with E-state index in [0.717, 1.165) is 23.2 Å². The zero-order valence-electron chi connectivity index (χ0n) is 11.9. The Hall–Kier alpha value is -1.84. The zero-order valence-corrected chi connectivity index (χ0v) is 11.9. The van der Waals surface area contributed by atoms with Crippen molar-refractivity contribution in [1.29, 1.82) is 0 Å². The number of carbonyl (C=O) groups is 2. The van der Waals surface area contributed by atoms with Gasteiger partial charge in [-0.15, -0.1) is 0 Å². The third-order valence-corrected chi connectivity index (χ3v) is 3.23. The smallest absolute Gasteiger partial charge is 0.308 e. The van der Waals surface area contributed by atoms with E-state index in [9.17, 15) is 9.59 Å². The second-order valence-corrected chi connectivity index (χ2v) is 4.81. The number of rotatable bonds is 5. The topological polar surface area (TPSA) is 57.6 Å². The van der Waals surface area contributed by atoms with Crippen molar-refractivity contribution in [3.05, 3.63) is 29.3 Å². The first kappa shape index (κ1) is 15.2. The van der Waals surface area contributed by atoms with Crippen LogP contribution < -0.4 is 4.90 Å². The van der Waals surface area contributed by atoms with Crippen LogP contribution in [0.3, 0.4) is 0 Å². The number of anilines is 1. The number of aryl methyl sites for hydroxylation is 2. The molecular formula is C15H21NO3. The average Bonchev–Trinajstić information content (AvgIpc) is 2.35. The van der Waals surface area contributed by atoms with Gasteiger partial charge in [-0.1, -0.05) is 32.0 Å². The second-order valence-electron chi connectivity index (χ2n) is 4.81. The molecule has 0 radical (unpaired) electrons. The summed E-state index contributed by atoms with van der Waals surface area (Å²) in [4.78, 5) is 24.4. The van der Waals surface area contributed by atoms with Crippen molar-refractivity contribution in [2.75, 3.05) is 11.4 Å². The van der Waals surface area contributed by atoms with E-state index in [-0.39, 0.29) is 12.5 Å². The third kappa shape index (κ3) is 3.56. The van der Waals surface area contributed by atoms with E-state index in [0.29, 0.717) is 0 Å². The van der Waals surface area contributed by atoms with Gasteiger partial charge in [0.2, 0.25) is 5.91 Å². The third-order valence-electron chi connectivity index (χ3n) is 3.23. The van der Waals surface area contributed by atoms with Gasteiger partial charge in [0.05, 0.1) is 5.92 Å². The van der Waals surface area contributed by atoms with Crippen LogP contribution in [0.5, 0.6) is 0 Å². The van der Waals surface area contributed by atoms with Crippen LogP contribution in [0.15, 0.2) is 18.2 Å². The summed E-state index contributed by atoms with van der Waals surface area (Å²) in [7, 11) is 0. The molecule has 4 heteroatoms. The summed E-state index contributed by atoms with van der Waals surface area (Å²) in [5.74, 6) is -1.61. The summed E-state index contributed by atoms with van der Waals surface area (Å²) in [6.07, 6.45) is 0.808. The minimum atomic E-state index is -0.891. The summed E-state index contributed by atoms with van der Waals surface area (Å²) in [6.45, 7) is 7.25. The number of benzene rings is 1. The van der Waals surface area contributed by atoms with Gasteiger partial charge in [0.15, 0.2) is 0 Å². The van der Waals surface area contributed by atoms with E-state index in [1.54, 1.807) is 11.8 Å². The number of para-hydroxylation sites is 1. The number of hydrogen-bond donors (Lipinski definition) is 1. The minimum absolute atomic E-state index is 0.128. The number of carboxylic acids is 1. The van der Waals surface area contributed by atoms with E-state index < -0.39 is 11.9 Å². The summed E-state index contributed by atoms with van der Waals surface area (Å²) in [5.41, 5.74) is 2.91. The quantitative estimate of drug-likeness (QED) is 0.888. The van der Waals surface area contributed by atoms with Gasteiger partial charge in [0.1, 0.15) is 0 Å². The highest BCUT2D eigenvalue weighted by molar-refractivity contribution is 5.94. The lowest BCUT2D eigenvalue weighted by atomic mass is 10.0. The Morgan fingerprint density at radius 1 is 1.37 bits per heavy atom. The van der Waals surface area contributed by atoms with Crippen molar-refractivity contribution >= 4 is 17.6 Å². The molecule has 0 aliphatic carbocycles. The fourth-order valence-corrected chi connectivity index (χ4v) is 2.12. The standard InChI is InChI=1S/C15H21NO3/c1-5-13-8-6-7-10(2)14(13)16(12(4)17)9-11(3)15(18)19/h6-8,11H,5,9H2,1-4H3,(H,18,19). The number of carboxylic acid groups (broad SMARTS) is 1. The summed E-state index contributed by atoms with van der Waals surface area (Å²) in [5, 5.41) is 9.02. The van der Waals surface area contributed by atoms with E-state index in [4.69, 9.17) is 5.11 Å². The van der Waals surface area contributed by atoms with Crippen molar-refractivity contribution in [1.82, 2.24) is 0 Å². The lowest BCUT2D eigenvalue weighted by Crippen LogP contribution is -2.36. The van der Waals surface area contributed by atoms with Crippen LogP contribution in [0.25, 0.3) is 0 Å². The molecule has 19 heavy (non-hydrogen) atoms. The highest BCUT2D eigenvalue weighted by atomic mass is 16.4. The molecule has 1 aromatic rings. The molecule has 1 amide bonds. The molecule has 1 unspecified atom stereocenters. The minimum Gasteiger partial charge on any atom is -0.481 e. The molecule has 0 spiro atoms. The van der Waals surface area contributed by atoms with Gasteiger partial charge in [-0.25, -0.2) is 0 Å². The van der Waals surface area contributed by atoms with Gasteiger partial charge in [0, 0.05) is 19.2 Å². The van der Waals surface area contributed by atoms with Crippen LogP contribution in [0.1, 0.15) is 31.9 Å². The Morgan fingerprint density at radius 2 is 2.00 bits per heavy atom. The molecule has 0 aromatic heterocycles. The number of aliphatic carboxylic acids is 1. The lowest BCUT2D eigenvalue weighted by molar-refractivity contribution is -0.140. The molecule has 0 heterocycles. The first-order chi connectivity index (χ1) is 8.88. The Kier molecular flexibility index (Phi) is 5.10. The number of hydrogen-bond acceptors (Lipinski definition) is 2. The number of carbonyl (C=O) groups excluding carboxylic acids is 1. The van der Waals surface area contributed by atoms with E-state index in [1.165, 1.54) is 6.92 Å². The highest BCUT2D eigenvalue weighted by Crippen LogP contribution is 2.26. The predicted molar refractivity (Wildman–Crippen MR) is 75.4 cm³/mol. The fourth-order valence-electron chi connectivity index (χ4n) is 2.12. The van der Waals surface area contributed by atoms with Crippen LogP contribution in [-0.2, 0) is 16.0 Å². The van der Waals surface area contributed by atoms with Crippen molar-refractivity contribution in [3.8, 4) is 0 Å². The molecule has 4 nitrogen and oxygen atoms in total. The average molecular weight is 263 g/mol. The molecule has 0 aliphatic rings. The summed E-state index contributed by atoms with van der Waals surface area (Å²) < 4.78 is 0. The van der Waals surface area contributed by atoms with Gasteiger partial charge in [0.25, 0.3) is 0 Å².